The van der Waals surface area contributed by atoms with Crippen molar-refractivity contribution in [1.82, 2.24) is 14.9 Å². The van der Waals surface area contributed by atoms with Gasteiger partial charge in [-0.05, 0) is 86.8 Å². The maximum absolute atomic E-state index is 12.9. The second-order valence-electron chi connectivity index (χ2n) is 9.31. The van der Waals surface area contributed by atoms with Crippen molar-refractivity contribution in [3.8, 4) is 11.1 Å². The molecule has 4 heterocycles. The fourth-order valence-electron chi connectivity index (χ4n) is 5.12. The fourth-order valence-corrected chi connectivity index (χ4v) is 5.12. The van der Waals surface area contributed by atoms with E-state index in [0.717, 1.165) is 35.7 Å². The first-order chi connectivity index (χ1) is 17.1. The first-order valence-electron chi connectivity index (χ1n) is 12.4. The van der Waals surface area contributed by atoms with Crippen LogP contribution in [0.4, 0.5) is 17.2 Å². The summed E-state index contributed by atoms with van der Waals surface area (Å²) in [5, 5.41) is 5.78. The highest BCUT2D eigenvalue weighted by Gasteiger charge is 2.27. The Balaban J connectivity index is 1.28. The van der Waals surface area contributed by atoms with Gasteiger partial charge in [0.25, 0.3) is 11.5 Å². The van der Waals surface area contributed by atoms with Gasteiger partial charge in [-0.15, -0.1) is 0 Å². The van der Waals surface area contributed by atoms with Gasteiger partial charge in [-0.1, -0.05) is 0 Å². The number of aromatic nitrogens is 2. The summed E-state index contributed by atoms with van der Waals surface area (Å²) in [5.41, 5.74) is 3.21. The summed E-state index contributed by atoms with van der Waals surface area (Å²) in [6.07, 6.45) is 8.36. The molecule has 2 aromatic heterocycles. The van der Waals surface area contributed by atoms with Crippen LogP contribution in [0.15, 0.2) is 59.7 Å². The molecule has 0 bridgehead atoms. The van der Waals surface area contributed by atoms with Gasteiger partial charge in [0.15, 0.2) is 0 Å². The predicted octanol–water partition coefficient (Wildman–Crippen LogP) is 3.80. The molecule has 5 rings (SSSR count). The van der Waals surface area contributed by atoms with Crippen molar-refractivity contribution >= 4 is 23.1 Å². The third-order valence-corrected chi connectivity index (χ3v) is 7.01. The van der Waals surface area contributed by atoms with Crippen LogP contribution in [0.3, 0.4) is 0 Å². The molecule has 35 heavy (non-hydrogen) atoms. The van der Waals surface area contributed by atoms with Gasteiger partial charge in [-0.25, -0.2) is 4.98 Å². The van der Waals surface area contributed by atoms with E-state index >= 15 is 0 Å². The molecule has 0 saturated carbocycles. The third-order valence-electron chi connectivity index (χ3n) is 7.01. The van der Waals surface area contributed by atoms with Crippen LogP contribution in [0.25, 0.3) is 11.1 Å². The number of aromatic amines is 1. The van der Waals surface area contributed by atoms with Crippen molar-refractivity contribution in [3.63, 3.8) is 0 Å². The maximum Gasteiger partial charge on any atom is 0.271 e. The topological polar surface area (TPSA) is 93.4 Å². The molecule has 8 heteroatoms. The van der Waals surface area contributed by atoms with Crippen molar-refractivity contribution < 1.29 is 4.79 Å². The van der Waals surface area contributed by atoms with Crippen LogP contribution in [0.1, 0.15) is 36.0 Å². The number of pyridine rings is 2. The number of rotatable bonds is 7. The lowest BCUT2D eigenvalue weighted by molar-refractivity contribution is 0.102. The van der Waals surface area contributed by atoms with Crippen LogP contribution in [0, 0.1) is 0 Å². The largest absolute Gasteiger partial charge is 0.373 e. The third kappa shape index (κ3) is 5.22. The van der Waals surface area contributed by atoms with Crippen LogP contribution in [0.2, 0.25) is 0 Å². The number of carbonyl (C=O) groups excluding carboxylic acids is 1. The van der Waals surface area contributed by atoms with Crippen molar-refractivity contribution in [3.05, 3.63) is 70.8 Å². The van der Waals surface area contributed by atoms with E-state index in [2.05, 4.69) is 30.4 Å². The fraction of sp³-hybridized carbons (Fsp3) is 0.370. The molecule has 2 fully saturated rings. The molecule has 1 atom stereocenters. The lowest BCUT2D eigenvalue weighted by atomic mass is 10.1. The Morgan fingerprint density at radius 2 is 1.86 bits per heavy atom. The number of nitrogens with zero attached hydrogens (tertiary/aromatic N) is 3. The summed E-state index contributed by atoms with van der Waals surface area (Å²) in [6.45, 7) is 4.59. The zero-order valence-electron chi connectivity index (χ0n) is 20.1. The molecule has 182 valence electrons. The number of benzene rings is 1. The maximum atomic E-state index is 12.9. The van der Waals surface area contributed by atoms with E-state index in [0.29, 0.717) is 11.6 Å². The lowest BCUT2D eigenvalue weighted by Crippen LogP contribution is -2.39. The molecule has 8 nitrogen and oxygen atoms in total. The molecule has 1 aromatic carbocycles. The van der Waals surface area contributed by atoms with Crippen LogP contribution in [0.5, 0.6) is 0 Å². The molecule has 2 aliphatic heterocycles. The molecule has 2 aliphatic rings. The Morgan fingerprint density at radius 3 is 2.63 bits per heavy atom. The standard InChI is InChI=1S/C27H32N6O2/c1-28-25-16-20(10-11-29-25)21-15-24(27(35)30-17-21)31-26(34)19-6-8-22(9-7-19)33-14-4-5-23(33)18-32-12-2-3-13-32/h6-11,15-17,23H,2-5,12-14,18H2,1H3,(H,28,29)(H,30,35)(H,31,34)/t23-/m0/s1. The SMILES string of the molecule is CNc1cc(-c2c[nH]c(=O)c(NC(=O)c3ccc(N4CCC[C@H]4CN4CCCC4)cc3)c2)ccn1. The highest BCUT2D eigenvalue weighted by atomic mass is 16.2. The predicted molar refractivity (Wildman–Crippen MR) is 140 cm³/mol. The van der Waals surface area contributed by atoms with Gasteiger partial charge in [-0.3, -0.25) is 9.59 Å². The Hall–Kier alpha value is -3.65. The molecule has 1 amide bonds. The van der Waals surface area contributed by atoms with Gasteiger partial charge >= 0.3 is 0 Å². The number of H-pyrrole nitrogens is 1. The summed E-state index contributed by atoms with van der Waals surface area (Å²) < 4.78 is 0. The van der Waals surface area contributed by atoms with Gasteiger partial charge in [-0.2, -0.15) is 0 Å². The van der Waals surface area contributed by atoms with E-state index in [9.17, 15) is 9.59 Å². The average molecular weight is 473 g/mol. The van der Waals surface area contributed by atoms with E-state index in [4.69, 9.17) is 0 Å². The second-order valence-corrected chi connectivity index (χ2v) is 9.31. The quantitative estimate of drug-likeness (QED) is 0.484. The summed E-state index contributed by atoms with van der Waals surface area (Å²) in [7, 11) is 1.80. The van der Waals surface area contributed by atoms with Crippen molar-refractivity contribution in [1.29, 1.82) is 0 Å². The summed E-state index contributed by atoms with van der Waals surface area (Å²) in [5.74, 6) is 0.417. The molecule has 0 aliphatic carbocycles. The Bertz CT molecular complexity index is 1230. The van der Waals surface area contributed by atoms with Crippen LogP contribution >= 0.6 is 0 Å². The monoisotopic (exact) mass is 472 g/mol. The minimum absolute atomic E-state index is 0.213. The minimum atomic E-state index is -0.344. The number of hydrogen-bond donors (Lipinski definition) is 3. The Morgan fingerprint density at radius 1 is 1.06 bits per heavy atom. The zero-order valence-corrected chi connectivity index (χ0v) is 20.1. The van der Waals surface area contributed by atoms with E-state index < -0.39 is 0 Å². The van der Waals surface area contributed by atoms with Gasteiger partial charge in [0.05, 0.1) is 0 Å². The summed E-state index contributed by atoms with van der Waals surface area (Å²) >= 11 is 0. The van der Waals surface area contributed by atoms with E-state index in [-0.39, 0.29) is 17.2 Å². The van der Waals surface area contributed by atoms with Crippen LogP contribution in [-0.4, -0.2) is 60.0 Å². The molecule has 0 radical (unpaired) electrons. The number of likely N-dealkylation sites (tertiary alicyclic amines) is 1. The molecular formula is C27H32N6O2. The number of amides is 1. The highest BCUT2D eigenvalue weighted by molar-refractivity contribution is 6.04. The molecule has 3 N–H and O–H groups in total. The highest BCUT2D eigenvalue weighted by Crippen LogP contribution is 2.27. The van der Waals surface area contributed by atoms with E-state index in [1.807, 2.05) is 36.4 Å². The molecule has 0 spiro atoms. The van der Waals surface area contributed by atoms with Gasteiger partial charge in [0.2, 0.25) is 0 Å². The van der Waals surface area contributed by atoms with Crippen molar-refractivity contribution in [2.75, 3.05) is 48.8 Å². The normalized spacial score (nSPS) is 18.1. The summed E-state index contributed by atoms with van der Waals surface area (Å²) in [6, 6.07) is 13.7. The number of carbonyl (C=O) groups is 1. The van der Waals surface area contributed by atoms with Gasteiger partial charge in [0.1, 0.15) is 11.5 Å². The van der Waals surface area contributed by atoms with E-state index in [1.54, 1.807) is 25.5 Å². The minimum Gasteiger partial charge on any atom is -0.373 e. The summed E-state index contributed by atoms with van der Waals surface area (Å²) in [4.78, 5) is 37.3. The second kappa shape index (κ2) is 10.3. The number of nitrogens with one attached hydrogen (secondary N) is 3. The van der Waals surface area contributed by atoms with Gasteiger partial charge in [0, 0.05) is 55.4 Å². The smallest absolute Gasteiger partial charge is 0.271 e. The Labute approximate surface area is 205 Å². The van der Waals surface area contributed by atoms with E-state index in [1.165, 1.54) is 38.8 Å². The van der Waals surface area contributed by atoms with Crippen molar-refractivity contribution in [2.24, 2.45) is 0 Å². The first-order valence-corrected chi connectivity index (χ1v) is 12.4. The zero-order chi connectivity index (χ0) is 24.2. The molecule has 2 saturated heterocycles. The lowest BCUT2D eigenvalue weighted by Gasteiger charge is -2.30. The molecule has 0 unspecified atom stereocenters. The Kier molecular flexibility index (Phi) is 6.81. The molecular weight excluding hydrogens is 440 g/mol. The van der Waals surface area contributed by atoms with Crippen LogP contribution < -0.4 is 21.1 Å². The van der Waals surface area contributed by atoms with Gasteiger partial charge < -0.3 is 25.4 Å². The molecule has 3 aromatic rings. The first kappa shape index (κ1) is 23.1. The average Bonchev–Trinajstić information content (AvgIpc) is 3.58. The number of hydrogen-bond acceptors (Lipinski definition) is 6. The number of anilines is 3. The van der Waals surface area contributed by atoms with Crippen LogP contribution in [-0.2, 0) is 0 Å². The van der Waals surface area contributed by atoms with Crippen molar-refractivity contribution in [2.45, 2.75) is 31.7 Å².